The number of carbonyl (C=O) groups excluding carboxylic acids is 1. The number of para-hydroxylation sites is 1. The van der Waals surface area contributed by atoms with Gasteiger partial charge in [0.1, 0.15) is 11.3 Å². The zero-order valence-electron chi connectivity index (χ0n) is 12.5. The highest BCUT2D eigenvalue weighted by molar-refractivity contribution is 6.30. The minimum absolute atomic E-state index is 0.0860. The van der Waals surface area contributed by atoms with Crippen molar-refractivity contribution in [3.63, 3.8) is 0 Å². The number of hydrogen-bond acceptors (Lipinski definition) is 3. The quantitative estimate of drug-likeness (QED) is 0.781. The molecular weight excluding hydrogens is 312 g/mol. The molecule has 0 saturated heterocycles. The average Bonchev–Trinajstić information content (AvgIpc) is 2.55. The Labute approximate surface area is 139 Å². The molecule has 3 rings (SSSR count). The van der Waals surface area contributed by atoms with Gasteiger partial charge in [-0.15, -0.1) is 0 Å². The summed E-state index contributed by atoms with van der Waals surface area (Å²) in [7, 11) is 0. The van der Waals surface area contributed by atoms with Gasteiger partial charge in [0.25, 0.3) is 5.91 Å². The van der Waals surface area contributed by atoms with E-state index in [1.54, 1.807) is 24.3 Å². The molecule has 116 valence electrons. The highest BCUT2D eigenvalue weighted by atomic mass is 35.5. The van der Waals surface area contributed by atoms with Gasteiger partial charge >= 0.3 is 0 Å². The molecule has 0 spiro atoms. The first-order chi connectivity index (χ1) is 11.1. The van der Waals surface area contributed by atoms with Crippen molar-refractivity contribution in [3.8, 4) is 5.75 Å². The Morgan fingerprint density at radius 3 is 2.70 bits per heavy atom. The Kier molecular flexibility index (Phi) is 4.44. The van der Waals surface area contributed by atoms with Crippen LogP contribution in [-0.2, 0) is 4.79 Å². The number of rotatable bonds is 4. The SMILES string of the molecule is Cc1ccc2cccc(OCC(=O)Nc3ccc(Cl)cc3)c2n1. The molecule has 0 aliphatic heterocycles. The van der Waals surface area contributed by atoms with Crippen LogP contribution < -0.4 is 10.1 Å². The van der Waals surface area contributed by atoms with E-state index in [1.807, 2.05) is 37.3 Å². The summed E-state index contributed by atoms with van der Waals surface area (Å²) in [6, 6.07) is 16.5. The summed E-state index contributed by atoms with van der Waals surface area (Å²) in [5, 5.41) is 4.36. The molecule has 1 heterocycles. The number of benzene rings is 2. The predicted molar refractivity (Wildman–Crippen MR) is 92.1 cm³/mol. The fraction of sp³-hybridized carbons (Fsp3) is 0.111. The molecule has 0 fully saturated rings. The van der Waals surface area contributed by atoms with Gasteiger partial charge in [-0.2, -0.15) is 0 Å². The van der Waals surface area contributed by atoms with Crippen LogP contribution in [-0.4, -0.2) is 17.5 Å². The lowest BCUT2D eigenvalue weighted by molar-refractivity contribution is -0.118. The number of ether oxygens (including phenoxy) is 1. The van der Waals surface area contributed by atoms with Gasteiger partial charge in [-0.1, -0.05) is 29.8 Å². The van der Waals surface area contributed by atoms with Crippen molar-refractivity contribution in [1.82, 2.24) is 4.98 Å². The normalized spacial score (nSPS) is 10.5. The summed E-state index contributed by atoms with van der Waals surface area (Å²) in [5.41, 5.74) is 2.33. The van der Waals surface area contributed by atoms with Crippen LogP contribution in [0, 0.1) is 6.92 Å². The van der Waals surface area contributed by atoms with Crippen molar-refractivity contribution in [2.75, 3.05) is 11.9 Å². The molecule has 4 nitrogen and oxygen atoms in total. The van der Waals surface area contributed by atoms with Crippen LogP contribution in [0.4, 0.5) is 5.69 Å². The van der Waals surface area contributed by atoms with Gasteiger partial charge in [0.15, 0.2) is 6.61 Å². The molecule has 1 aromatic heterocycles. The maximum absolute atomic E-state index is 12.0. The van der Waals surface area contributed by atoms with Crippen LogP contribution in [0.25, 0.3) is 10.9 Å². The number of amides is 1. The van der Waals surface area contributed by atoms with Crippen molar-refractivity contribution in [1.29, 1.82) is 0 Å². The molecular formula is C18H15ClN2O2. The van der Waals surface area contributed by atoms with Crippen molar-refractivity contribution in [2.45, 2.75) is 6.92 Å². The number of carbonyl (C=O) groups is 1. The Balaban J connectivity index is 1.69. The molecule has 2 aromatic carbocycles. The molecule has 5 heteroatoms. The van der Waals surface area contributed by atoms with E-state index in [0.29, 0.717) is 16.5 Å². The summed E-state index contributed by atoms with van der Waals surface area (Å²) in [4.78, 5) is 16.5. The van der Waals surface area contributed by atoms with E-state index in [4.69, 9.17) is 16.3 Å². The monoisotopic (exact) mass is 326 g/mol. The lowest BCUT2D eigenvalue weighted by Crippen LogP contribution is -2.20. The largest absolute Gasteiger partial charge is 0.481 e. The first-order valence-electron chi connectivity index (χ1n) is 7.16. The maximum Gasteiger partial charge on any atom is 0.262 e. The average molecular weight is 327 g/mol. The van der Waals surface area contributed by atoms with Crippen molar-refractivity contribution in [3.05, 3.63) is 65.3 Å². The van der Waals surface area contributed by atoms with Crippen LogP contribution in [0.5, 0.6) is 5.75 Å². The van der Waals surface area contributed by atoms with Gasteiger partial charge in [-0.05, 0) is 43.3 Å². The van der Waals surface area contributed by atoms with Gasteiger partial charge in [0.2, 0.25) is 0 Å². The second kappa shape index (κ2) is 6.67. The van der Waals surface area contributed by atoms with Gasteiger partial charge in [0, 0.05) is 21.8 Å². The Morgan fingerprint density at radius 2 is 1.91 bits per heavy atom. The lowest BCUT2D eigenvalue weighted by Gasteiger charge is -2.10. The number of aryl methyl sites for hydroxylation is 1. The first kappa shape index (κ1) is 15.3. The smallest absolute Gasteiger partial charge is 0.262 e. The second-order valence-corrected chi connectivity index (χ2v) is 5.56. The Morgan fingerprint density at radius 1 is 1.13 bits per heavy atom. The van der Waals surface area contributed by atoms with E-state index in [2.05, 4.69) is 10.3 Å². The minimum Gasteiger partial charge on any atom is -0.481 e. The fourth-order valence-corrected chi connectivity index (χ4v) is 2.33. The number of aromatic nitrogens is 1. The summed E-state index contributed by atoms with van der Waals surface area (Å²) in [6.07, 6.45) is 0. The lowest BCUT2D eigenvalue weighted by atomic mass is 10.2. The number of fused-ring (bicyclic) bond motifs is 1. The highest BCUT2D eigenvalue weighted by Crippen LogP contribution is 2.24. The van der Waals surface area contributed by atoms with Crippen LogP contribution >= 0.6 is 11.6 Å². The summed E-state index contributed by atoms with van der Waals surface area (Å²) in [5.74, 6) is 0.356. The van der Waals surface area contributed by atoms with Crippen LogP contribution in [0.2, 0.25) is 5.02 Å². The molecule has 23 heavy (non-hydrogen) atoms. The second-order valence-electron chi connectivity index (χ2n) is 5.12. The molecule has 1 N–H and O–H groups in total. The standard InChI is InChI=1S/C18H15ClN2O2/c1-12-5-6-13-3-2-4-16(18(13)20-12)23-11-17(22)21-15-9-7-14(19)8-10-15/h2-10H,11H2,1H3,(H,21,22). The van der Waals surface area contributed by atoms with E-state index in [0.717, 1.165) is 16.6 Å². The number of halogens is 1. The number of anilines is 1. The predicted octanol–water partition coefficient (Wildman–Crippen LogP) is 4.21. The van der Waals surface area contributed by atoms with Crippen molar-refractivity contribution >= 4 is 34.1 Å². The number of nitrogens with zero attached hydrogens (tertiary/aromatic N) is 1. The van der Waals surface area contributed by atoms with Crippen LogP contribution in [0.15, 0.2) is 54.6 Å². The van der Waals surface area contributed by atoms with Gasteiger partial charge < -0.3 is 10.1 Å². The summed E-state index contributed by atoms with van der Waals surface area (Å²) < 4.78 is 5.63. The zero-order chi connectivity index (χ0) is 16.2. The fourth-order valence-electron chi connectivity index (χ4n) is 2.21. The third-order valence-corrected chi connectivity index (χ3v) is 3.56. The topological polar surface area (TPSA) is 51.2 Å². The highest BCUT2D eigenvalue weighted by Gasteiger charge is 2.07. The molecule has 0 bridgehead atoms. The first-order valence-corrected chi connectivity index (χ1v) is 7.54. The molecule has 0 radical (unpaired) electrons. The maximum atomic E-state index is 12.0. The van der Waals surface area contributed by atoms with Crippen molar-refractivity contribution in [2.24, 2.45) is 0 Å². The van der Waals surface area contributed by atoms with E-state index in [-0.39, 0.29) is 12.5 Å². The molecule has 0 unspecified atom stereocenters. The Bertz CT molecular complexity index is 847. The van der Waals surface area contributed by atoms with Gasteiger partial charge in [-0.25, -0.2) is 4.98 Å². The van der Waals surface area contributed by atoms with E-state index in [1.165, 1.54) is 0 Å². The van der Waals surface area contributed by atoms with Gasteiger partial charge in [0.05, 0.1) is 0 Å². The third kappa shape index (κ3) is 3.79. The van der Waals surface area contributed by atoms with Crippen LogP contribution in [0.3, 0.4) is 0 Å². The third-order valence-electron chi connectivity index (χ3n) is 3.31. The molecule has 0 saturated carbocycles. The number of nitrogens with one attached hydrogen (secondary N) is 1. The molecule has 3 aromatic rings. The summed E-state index contributed by atoms with van der Waals surface area (Å²) >= 11 is 5.81. The van der Waals surface area contributed by atoms with E-state index >= 15 is 0 Å². The Hall–Kier alpha value is -2.59. The molecule has 1 amide bonds. The zero-order valence-corrected chi connectivity index (χ0v) is 13.3. The molecule has 0 aliphatic rings. The van der Waals surface area contributed by atoms with Crippen LogP contribution in [0.1, 0.15) is 5.69 Å². The number of hydrogen-bond donors (Lipinski definition) is 1. The van der Waals surface area contributed by atoms with Gasteiger partial charge in [-0.3, -0.25) is 4.79 Å². The molecule has 0 aliphatic carbocycles. The summed E-state index contributed by atoms with van der Waals surface area (Å²) in [6.45, 7) is 1.83. The van der Waals surface area contributed by atoms with Crippen molar-refractivity contribution < 1.29 is 9.53 Å². The minimum atomic E-state index is -0.239. The van der Waals surface area contributed by atoms with E-state index < -0.39 is 0 Å². The molecule has 0 atom stereocenters. The number of pyridine rings is 1. The van der Waals surface area contributed by atoms with E-state index in [9.17, 15) is 4.79 Å².